The number of likely N-dealkylation sites (N-methyl/N-ethyl adjacent to an activating group) is 1. The summed E-state index contributed by atoms with van der Waals surface area (Å²) in [6.45, 7) is 2.30. The standard InChI is InChI=1S/C11H14Br2N2O/c1-7-4-8(12)11(9(13)5-7)14-6-10(16)15(2)3/h4-5,14H,6H2,1-3H3. The van der Waals surface area contributed by atoms with Crippen molar-refractivity contribution in [3.8, 4) is 0 Å². The van der Waals surface area contributed by atoms with Crippen LogP contribution in [0.25, 0.3) is 0 Å². The third-order valence-electron chi connectivity index (χ3n) is 2.10. The molecule has 0 saturated carbocycles. The molecule has 3 nitrogen and oxygen atoms in total. The van der Waals surface area contributed by atoms with Crippen molar-refractivity contribution in [1.82, 2.24) is 4.90 Å². The van der Waals surface area contributed by atoms with Crippen LogP contribution in [-0.2, 0) is 4.79 Å². The van der Waals surface area contributed by atoms with Crippen LogP contribution in [0.1, 0.15) is 5.56 Å². The molecule has 1 amide bonds. The van der Waals surface area contributed by atoms with Crippen LogP contribution in [0.15, 0.2) is 21.1 Å². The summed E-state index contributed by atoms with van der Waals surface area (Å²) in [5.74, 6) is 0.0411. The first-order valence-corrected chi connectivity index (χ1v) is 6.40. The first kappa shape index (κ1) is 13.5. The second kappa shape index (κ2) is 5.68. The molecule has 0 unspecified atom stereocenters. The first-order chi connectivity index (χ1) is 7.41. The number of hydrogen-bond donors (Lipinski definition) is 1. The highest BCUT2D eigenvalue weighted by molar-refractivity contribution is 9.11. The van der Waals surface area contributed by atoms with Gasteiger partial charge in [-0.25, -0.2) is 0 Å². The van der Waals surface area contributed by atoms with E-state index in [1.165, 1.54) is 0 Å². The molecule has 0 aliphatic rings. The lowest BCUT2D eigenvalue weighted by atomic mass is 10.2. The summed E-state index contributed by atoms with van der Waals surface area (Å²) < 4.78 is 1.90. The Balaban J connectivity index is 2.78. The number of rotatable bonds is 3. The monoisotopic (exact) mass is 348 g/mol. The number of nitrogens with one attached hydrogen (secondary N) is 1. The molecule has 1 aromatic carbocycles. The summed E-state index contributed by atoms with van der Waals surface area (Å²) in [7, 11) is 3.48. The largest absolute Gasteiger partial charge is 0.374 e. The summed E-state index contributed by atoms with van der Waals surface area (Å²) in [4.78, 5) is 13.0. The molecule has 0 aliphatic heterocycles. The summed E-state index contributed by atoms with van der Waals surface area (Å²) in [5.41, 5.74) is 2.06. The van der Waals surface area contributed by atoms with E-state index in [-0.39, 0.29) is 12.5 Å². The molecule has 1 aromatic rings. The van der Waals surface area contributed by atoms with E-state index >= 15 is 0 Å². The third kappa shape index (κ3) is 3.49. The normalized spacial score (nSPS) is 10.1. The molecule has 1 rings (SSSR count). The van der Waals surface area contributed by atoms with Gasteiger partial charge >= 0.3 is 0 Å². The smallest absolute Gasteiger partial charge is 0.241 e. The Hall–Kier alpha value is -0.550. The number of hydrogen-bond acceptors (Lipinski definition) is 2. The van der Waals surface area contributed by atoms with E-state index in [4.69, 9.17) is 0 Å². The topological polar surface area (TPSA) is 32.3 Å². The molecule has 0 heterocycles. The molecule has 0 saturated heterocycles. The Kier molecular flexibility index (Phi) is 4.80. The average molecular weight is 350 g/mol. The molecule has 16 heavy (non-hydrogen) atoms. The lowest BCUT2D eigenvalue weighted by Crippen LogP contribution is -2.28. The number of halogens is 2. The van der Waals surface area contributed by atoms with Crippen LogP contribution in [0.5, 0.6) is 0 Å². The van der Waals surface area contributed by atoms with Crippen molar-refractivity contribution in [2.24, 2.45) is 0 Å². The van der Waals surface area contributed by atoms with Gasteiger partial charge in [0.25, 0.3) is 0 Å². The Bertz CT molecular complexity index is 382. The van der Waals surface area contributed by atoms with Gasteiger partial charge in [-0.15, -0.1) is 0 Å². The van der Waals surface area contributed by atoms with E-state index < -0.39 is 0 Å². The van der Waals surface area contributed by atoms with E-state index in [1.807, 2.05) is 19.1 Å². The van der Waals surface area contributed by atoms with Gasteiger partial charge in [0, 0.05) is 23.0 Å². The fourth-order valence-electron chi connectivity index (χ4n) is 1.19. The molecule has 0 atom stereocenters. The average Bonchev–Trinajstić information content (AvgIpc) is 2.15. The van der Waals surface area contributed by atoms with Crippen LogP contribution < -0.4 is 5.32 Å². The molecule has 0 bridgehead atoms. The molecule has 0 aromatic heterocycles. The van der Waals surface area contributed by atoms with Gasteiger partial charge in [0.05, 0.1) is 12.2 Å². The maximum Gasteiger partial charge on any atom is 0.241 e. The van der Waals surface area contributed by atoms with E-state index in [0.29, 0.717) is 0 Å². The van der Waals surface area contributed by atoms with E-state index in [2.05, 4.69) is 37.2 Å². The minimum atomic E-state index is 0.0411. The van der Waals surface area contributed by atoms with Crippen LogP contribution in [0.2, 0.25) is 0 Å². The molecule has 0 spiro atoms. The Morgan fingerprint density at radius 1 is 1.31 bits per heavy atom. The van der Waals surface area contributed by atoms with Crippen LogP contribution in [0.3, 0.4) is 0 Å². The number of anilines is 1. The predicted octanol–water partition coefficient (Wildman–Crippen LogP) is 3.02. The van der Waals surface area contributed by atoms with Gasteiger partial charge in [-0.1, -0.05) is 0 Å². The quantitative estimate of drug-likeness (QED) is 0.909. The molecule has 88 valence electrons. The van der Waals surface area contributed by atoms with Crippen molar-refractivity contribution in [1.29, 1.82) is 0 Å². The maximum absolute atomic E-state index is 11.4. The lowest BCUT2D eigenvalue weighted by molar-refractivity contribution is -0.126. The van der Waals surface area contributed by atoms with Crippen LogP contribution in [-0.4, -0.2) is 31.4 Å². The van der Waals surface area contributed by atoms with Crippen molar-refractivity contribution in [2.45, 2.75) is 6.92 Å². The van der Waals surface area contributed by atoms with Gasteiger partial charge in [0.2, 0.25) is 5.91 Å². The predicted molar refractivity (Wildman–Crippen MR) is 73.8 cm³/mol. The Morgan fingerprint density at radius 3 is 2.25 bits per heavy atom. The van der Waals surface area contributed by atoms with Gasteiger partial charge in [-0.05, 0) is 56.5 Å². The van der Waals surface area contributed by atoms with Crippen molar-refractivity contribution < 1.29 is 4.79 Å². The minimum absolute atomic E-state index is 0.0411. The van der Waals surface area contributed by atoms with Gasteiger partial charge in [-0.2, -0.15) is 0 Å². The molecule has 0 fully saturated rings. The minimum Gasteiger partial charge on any atom is -0.374 e. The van der Waals surface area contributed by atoms with Crippen molar-refractivity contribution in [3.05, 3.63) is 26.6 Å². The summed E-state index contributed by atoms with van der Waals surface area (Å²) in [6.07, 6.45) is 0. The van der Waals surface area contributed by atoms with Crippen molar-refractivity contribution in [2.75, 3.05) is 26.0 Å². The zero-order chi connectivity index (χ0) is 12.3. The zero-order valence-electron chi connectivity index (χ0n) is 9.47. The second-order valence-corrected chi connectivity index (χ2v) is 5.45. The first-order valence-electron chi connectivity index (χ1n) is 4.81. The van der Waals surface area contributed by atoms with E-state index in [1.54, 1.807) is 19.0 Å². The summed E-state index contributed by atoms with van der Waals surface area (Å²) >= 11 is 6.94. The molecule has 0 radical (unpaired) electrons. The number of carbonyl (C=O) groups excluding carboxylic acids is 1. The summed E-state index contributed by atoms with van der Waals surface area (Å²) in [6, 6.07) is 4.01. The number of carbonyl (C=O) groups is 1. The van der Waals surface area contributed by atoms with Crippen molar-refractivity contribution in [3.63, 3.8) is 0 Å². The van der Waals surface area contributed by atoms with E-state index in [0.717, 1.165) is 20.2 Å². The Morgan fingerprint density at radius 2 is 1.81 bits per heavy atom. The Labute approximate surface area is 112 Å². The second-order valence-electron chi connectivity index (χ2n) is 3.75. The number of benzene rings is 1. The number of aryl methyl sites for hydroxylation is 1. The van der Waals surface area contributed by atoms with Crippen LogP contribution in [0, 0.1) is 6.92 Å². The lowest BCUT2D eigenvalue weighted by Gasteiger charge is -2.14. The fourth-order valence-corrected chi connectivity index (χ4v) is 2.89. The fraction of sp³-hybridized carbons (Fsp3) is 0.364. The highest BCUT2D eigenvalue weighted by atomic mass is 79.9. The molecular formula is C11H14Br2N2O. The molecule has 1 N–H and O–H groups in total. The van der Waals surface area contributed by atoms with Crippen molar-refractivity contribution >= 4 is 43.5 Å². The van der Waals surface area contributed by atoms with Gasteiger partial charge in [-0.3, -0.25) is 4.79 Å². The summed E-state index contributed by atoms with van der Waals surface area (Å²) in [5, 5.41) is 3.10. The number of amides is 1. The highest BCUT2D eigenvalue weighted by Gasteiger charge is 2.08. The SMILES string of the molecule is Cc1cc(Br)c(NCC(=O)N(C)C)c(Br)c1. The molecule has 0 aliphatic carbocycles. The number of nitrogens with zero attached hydrogens (tertiary/aromatic N) is 1. The third-order valence-corrected chi connectivity index (χ3v) is 3.35. The highest BCUT2D eigenvalue weighted by Crippen LogP contribution is 2.32. The molecule has 5 heteroatoms. The zero-order valence-corrected chi connectivity index (χ0v) is 12.6. The van der Waals surface area contributed by atoms with Crippen LogP contribution in [0.4, 0.5) is 5.69 Å². The molecular weight excluding hydrogens is 336 g/mol. The van der Waals surface area contributed by atoms with Gasteiger partial charge < -0.3 is 10.2 Å². The van der Waals surface area contributed by atoms with E-state index in [9.17, 15) is 4.79 Å². The van der Waals surface area contributed by atoms with Gasteiger partial charge in [0.1, 0.15) is 0 Å². The van der Waals surface area contributed by atoms with Gasteiger partial charge in [0.15, 0.2) is 0 Å². The van der Waals surface area contributed by atoms with Crippen LogP contribution >= 0.6 is 31.9 Å². The maximum atomic E-state index is 11.4.